The molecule has 0 spiro atoms. The summed E-state index contributed by atoms with van der Waals surface area (Å²) < 4.78 is 5.78. The molecule has 0 bridgehead atoms. The summed E-state index contributed by atoms with van der Waals surface area (Å²) in [5, 5.41) is 20.7. The van der Waals surface area contributed by atoms with E-state index in [2.05, 4.69) is 5.32 Å². The van der Waals surface area contributed by atoms with E-state index < -0.39 is 24.0 Å². The molecule has 0 fully saturated rings. The van der Waals surface area contributed by atoms with Crippen LogP contribution >= 0.6 is 0 Å². The molecule has 4 N–H and O–H groups in total. The number of nitrogens with one attached hydrogen (secondary N) is 2. The van der Waals surface area contributed by atoms with Gasteiger partial charge < -0.3 is 15.2 Å². The topological polar surface area (TPSA) is 108 Å². The lowest BCUT2D eigenvalue weighted by molar-refractivity contribution is -0.133. The van der Waals surface area contributed by atoms with E-state index in [9.17, 15) is 14.7 Å². The fourth-order valence-electron chi connectivity index (χ4n) is 2.85. The summed E-state index contributed by atoms with van der Waals surface area (Å²) >= 11 is 0. The average Bonchev–Trinajstić information content (AvgIpc) is 2.78. The van der Waals surface area contributed by atoms with Crippen molar-refractivity contribution in [3.05, 3.63) is 84.4 Å². The lowest BCUT2D eigenvalue weighted by Crippen LogP contribution is -2.51. The molecule has 0 aliphatic rings. The molecule has 7 nitrogen and oxygen atoms in total. The number of carbonyl (C=O) groups excluding carboxylic acids is 2. The van der Waals surface area contributed by atoms with E-state index in [1.165, 1.54) is 12.4 Å². The number of amides is 2. The predicted octanol–water partition coefficient (Wildman–Crippen LogP) is 3.77. The summed E-state index contributed by atoms with van der Waals surface area (Å²) in [4.78, 5) is 23.9. The first kappa shape index (κ1) is 23.6. The van der Waals surface area contributed by atoms with Crippen molar-refractivity contribution in [3.8, 4) is 22.6 Å². The van der Waals surface area contributed by atoms with Crippen molar-refractivity contribution in [2.45, 2.75) is 26.5 Å². The molecule has 0 radical (unpaired) electrons. The minimum atomic E-state index is -1.26. The maximum Gasteiger partial charge on any atom is 0.268 e. The van der Waals surface area contributed by atoms with E-state index in [1.54, 1.807) is 24.3 Å². The molecule has 3 aromatic carbocycles. The van der Waals surface area contributed by atoms with E-state index in [-0.39, 0.29) is 7.43 Å². The van der Waals surface area contributed by atoms with Gasteiger partial charge in [0.2, 0.25) is 0 Å². The smallest absolute Gasteiger partial charge is 0.268 e. The number of carbonyl (C=O) groups is 2. The minimum Gasteiger partial charge on any atom is -0.457 e. The monoisotopic (exact) mass is 422 g/mol. The zero-order valence-corrected chi connectivity index (χ0v) is 16.3. The Morgan fingerprint density at radius 2 is 1.35 bits per heavy atom. The number of para-hydroxylation sites is 1. The second-order valence-corrected chi connectivity index (χ2v) is 6.68. The predicted molar refractivity (Wildman–Crippen MR) is 118 cm³/mol. The lowest BCUT2D eigenvalue weighted by atomic mass is 10.0. The molecular formula is C24H26N2O5. The second kappa shape index (κ2) is 10.9. The number of aliphatic hydroxyl groups excluding tert-OH is 1. The zero-order chi connectivity index (χ0) is 21.5. The van der Waals surface area contributed by atoms with Crippen LogP contribution < -0.4 is 15.5 Å². The van der Waals surface area contributed by atoms with Gasteiger partial charge in [0.25, 0.3) is 11.8 Å². The summed E-state index contributed by atoms with van der Waals surface area (Å²) in [6, 6.07) is 22.6. The van der Waals surface area contributed by atoms with Crippen molar-refractivity contribution >= 4 is 11.8 Å². The maximum atomic E-state index is 12.3. The van der Waals surface area contributed by atoms with Crippen molar-refractivity contribution in [2.24, 2.45) is 0 Å². The van der Waals surface area contributed by atoms with Crippen LogP contribution in [-0.2, 0) is 4.79 Å². The van der Waals surface area contributed by atoms with Crippen molar-refractivity contribution < 1.29 is 24.6 Å². The Kier molecular flexibility index (Phi) is 8.31. The van der Waals surface area contributed by atoms with E-state index in [4.69, 9.17) is 9.94 Å². The summed E-state index contributed by atoms with van der Waals surface area (Å²) in [6.45, 7) is 1.34. The molecule has 0 unspecified atom stereocenters. The van der Waals surface area contributed by atoms with Crippen molar-refractivity contribution in [1.82, 2.24) is 10.8 Å². The Bertz CT molecular complexity index is 987. The third-order valence-electron chi connectivity index (χ3n) is 4.48. The first-order chi connectivity index (χ1) is 14.5. The Morgan fingerprint density at radius 1 is 0.839 bits per heavy atom. The van der Waals surface area contributed by atoms with Gasteiger partial charge in [-0.25, -0.2) is 5.48 Å². The van der Waals surface area contributed by atoms with Gasteiger partial charge >= 0.3 is 0 Å². The molecule has 2 atom stereocenters. The molecule has 3 rings (SSSR count). The maximum absolute atomic E-state index is 12.3. The highest BCUT2D eigenvalue weighted by molar-refractivity contribution is 5.97. The molecule has 0 aliphatic carbocycles. The van der Waals surface area contributed by atoms with Crippen LogP contribution in [0.15, 0.2) is 78.9 Å². The van der Waals surface area contributed by atoms with Gasteiger partial charge in [-0.2, -0.15) is 0 Å². The third-order valence-corrected chi connectivity index (χ3v) is 4.48. The molecule has 2 amide bonds. The number of benzene rings is 3. The Balaban J connectivity index is 0.00000341. The van der Waals surface area contributed by atoms with Crippen LogP contribution in [0.1, 0.15) is 24.7 Å². The van der Waals surface area contributed by atoms with E-state index in [0.717, 1.165) is 16.9 Å². The Morgan fingerprint density at radius 3 is 1.87 bits per heavy atom. The van der Waals surface area contributed by atoms with Gasteiger partial charge in [-0.3, -0.25) is 14.8 Å². The number of ether oxygens (including phenoxy) is 1. The molecule has 3 aromatic rings. The first-order valence-corrected chi connectivity index (χ1v) is 9.34. The number of hydroxylamine groups is 1. The average molecular weight is 422 g/mol. The standard InChI is InChI=1S/C23H22N2O5.CH4/c1-15(26)21(23(28)25-29)24-22(27)18-9-7-16(8-10-18)17-11-13-20(14-12-17)30-19-5-3-2-4-6-19;/h2-15,21,26,29H,1H3,(H,24,27)(H,25,28);1H4/t15-,21+;/m1./s1. The van der Waals surface area contributed by atoms with E-state index >= 15 is 0 Å². The molecule has 0 aliphatic heterocycles. The molecule has 0 aromatic heterocycles. The van der Waals surface area contributed by atoms with Crippen LogP contribution in [0.3, 0.4) is 0 Å². The molecular weight excluding hydrogens is 396 g/mol. The fraction of sp³-hybridized carbons (Fsp3) is 0.167. The van der Waals surface area contributed by atoms with Gasteiger partial charge in [0, 0.05) is 5.56 Å². The molecule has 162 valence electrons. The highest BCUT2D eigenvalue weighted by Crippen LogP contribution is 2.26. The molecule has 0 saturated heterocycles. The highest BCUT2D eigenvalue weighted by atomic mass is 16.5. The SMILES string of the molecule is C.C[C@@H](O)[C@H](NC(=O)c1ccc(-c2ccc(Oc3ccccc3)cc2)cc1)C(=O)NO. The minimum absolute atomic E-state index is 0. The molecule has 31 heavy (non-hydrogen) atoms. The van der Waals surface area contributed by atoms with Crippen LogP contribution in [-0.4, -0.2) is 34.3 Å². The van der Waals surface area contributed by atoms with Gasteiger partial charge in [-0.15, -0.1) is 0 Å². The van der Waals surface area contributed by atoms with Gasteiger partial charge in [0.1, 0.15) is 17.5 Å². The lowest BCUT2D eigenvalue weighted by Gasteiger charge is -2.19. The first-order valence-electron chi connectivity index (χ1n) is 9.34. The zero-order valence-electron chi connectivity index (χ0n) is 16.3. The van der Waals surface area contributed by atoms with Crippen molar-refractivity contribution in [1.29, 1.82) is 0 Å². The van der Waals surface area contributed by atoms with Crippen molar-refractivity contribution in [3.63, 3.8) is 0 Å². The van der Waals surface area contributed by atoms with Crippen LogP contribution in [0.2, 0.25) is 0 Å². The number of aliphatic hydroxyl groups is 1. The third kappa shape index (κ3) is 6.15. The van der Waals surface area contributed by atoms with Crippen molar-refractivity contribution in [2.75, 3.05) is 0 Å². The van der Waals surface area contributed by atoms with Gasteiger partial charge in [-0.05, 0) is 54.4 Å². The van der Waals surface area contributed by atoms with Crippen LogP contribution in [0.5, 0.6) is 11.5 Å². The van der Waals surface area contributed by atoms with Gasteiger partial charge in [-0.1, -0.05) is 49.9 Å². The fourth-order valence-corrected chi connectivity index (χ4v) is 2.85. The summed E-state index contributed by atoms with van der Waals surface area (Å²) in [5.74, 6) is 0.0358. The van der Waals surface area contributed by atoms with Gasteiger partial charge in [0.15, 0.2) is 0 Å². The summed E-state index contributed by atoms with van der Waals surface area (Å²) in [7, 11) is 0. The quantitative estimate of drug-likeness (QED) is 0.342. The summed E-state index contributed by atoms with van der Waals surface area (Å²) in [5.41, 5.74) is 3.60. The number of hydrogen-bond donors (Lipinski definition) is 4. The normalized spacial score (nSPS) is 12.1. The molecule has 0 heterocycles. The van der Waals surface area contributed by atoms with Crippen LogP contribution in [0.4, 0.5) is 0 Å². The second-order valence-electron chi connectivity index (χ2n) is 6.68. The summed E-state index contributed by atoms with van der Waals surface area (Å²) in [6.07, 6.45) is -1.17. The van der Waals surface area contributed by atoms with Crippen LogP contribution in [0, 0.1) is 0 Å². The van der Waals surface area contributed by atoms with Crippen LogP contribution in [0.25, 0.3) is 11.1 Å². The molecule has 0 saturated carbocycles. The highest BCUT2D eigenvalue weighted by Gasteiger charge is 2.25. The molecule has 7 heteroatoms. The van der Waals surface area contributed by atoms with E-state index in [0.29, 0.717) is 11.3 Å². The number of hydrogen-bond acceptors (Lipinski definition) is 5. The number of rotatable bonds is 7. The van der Waals surface area contributed by atoms with E-state index in [1.807, 2.05) is 54.6 Å². The van der Waals surface area contributed by atoms with Gasteiger partial charge in [0.05, 0.1) is 6.10 Å². The largest absolute Gasteiger partial charge is 0.457 e. The Hall–Kier alpha value is -3.68. The Labute approximate surface area is 181 Å².